The molecule has 1 aromatic carbocycles. The number of carbonyl (C=O) groups is 1. The van der Waals surface area contributed by atoms with Gasteiger partial charge in [-0.3, -0.25) is 4.79 Å². The number of nitrogens with one attached hydrogen (secondary N) is 1. The van der Waals surface area contributed by atoms with Crippen molar-refractivity contribution in [3.63, 3.8) is 0 Å². The van der Waals surface area contributed by atoms with E-state index in [-0.39, 0.29) is 24.2 Å². The highest BCUT2D eigenvalue weighted by Crippen LogP contribution is 2.37. The third-order valence-electron chi connectivity index (χ3n) is 3.25. The maximum atomic E-state index is 13.6. The fourth-order valence-corrected chi connectivity index (χ4v) is 1.86. The second-order valence-electron chi connectivity index (χ2n) is 4.67. The third kappa shape index (κ3) is 2.82. The highest BCUT2D eigenvalue weighted by Gasteiger charge is 2.38. The van der Waals surface area contributed by atoms with E-state index in [9.17, 15) is 9.18 Å². The fraction of sp³-hybridized carbons (Fsp3) is 0.462. The molecule has 2 rings (SSSR count). The molecule has 1 aliphatic rings. The molecule has 0 radical (unpaired) electrons. The number of amides is 1. The van der Waals surface area contributed by atoms with Crippen LogP contribution >= 0.6 is 0 Å². The lowest BCUT2D eigenvalue weighted by atomic mass is 10.1. The van der Waals surface area contributed by atoms with E-state index in [2.05, 4.69) is 5.32 Å². The molecule has 0 spiro atoms. The zero-order chi connectivity index (χ0) is 12.4. The van der Waals surface area contributed by atoms with Crippen molar-refractivity contribution >= 4 is 5.91 Å². The summed E-state index contributed by atoms with van der Waals surface area (Å²) >= 11 is 0. The topological polar surface area (TPSA) is 55.1 Å². The van der Waals surface area contributed by atoms with Gasteiger partial charge in [0.2, 0.25) is 5.91 Å². The van der Waals surface area contributed by atoms with Gasteiger partial charge in [0.15, 0.2) is 0 Å². The van der Waals surface area contributed by atoms with Crippen LogP contribution in [0.5, 0.6) is 0 Å². The van der Waals surface area contributed by atoms with Crippen molar-refractivity contribution in [2.24, 2.45) is 17.6 Å². The Balaban J connectivity index is 1.92. The molecule has 0 saturated heterocycles. The van der Waals surface area contributed by atoms with Crippen molar-refractivity contribution in [3.05, 3.63) is 35.1 Å². The molecule has 1 saturated carbocycles. The Morgan fingerprint density at radius 3 is 2.82 bits per heavy atom. The predicted molar refractivity (Wildman–Crippen MR) is 63.4 cm³/mol. The van der Waals surface area contributed by atoms with Crippen LogP contribution in [0.4, 0.5) is 4.39 Å². The second kappa shape index (κ2) is 4.84. The van der Waals surface area contributed by atoms with E-state index in [1.54, 1.807) is 12.1 Å². The van der Waals surface area contributed by atoms with Crippen molar-refractivity contribution in [1.82, 2.24) is 5.32 Å². The fourth-order valence-electron chi connectivity index (χ4n) is 1.86. The molecule has 2 atom stereocenters. The average Bonchev–Trinajstić information content (AvgIpc) is 3.04. The molecule has 2 unspecified atom stereocenters. The summed E-state index contributed by atoms with van der Waals surface area (Å²) in [6.07, 6.45) is 0.945. The van der Waals surface area contributed by atoms with E-state index in [0.29, 0.717) is 18.0 Å². The Hall–Kier alpha value is -1.42. The van der Waals surface area contributed by atoms with Gasteiger partial charge in [-0.25, -0.2) is 4.39 Å². The number of hydrogen-bond acceptors (Lipinski definition) is 2. The molecule has 0 aromatic heterocycles. The predicted octanol–water partition coefficient (Wildman–Crippen LogP) is 1.56. The molecule has 1 aromatic rings. The number of benzene rings is 1. The van der Waals surface area contributed by atoms with Crippen LogP contribution in [0, 0.1) is 17.7 Å². The number of hydrogen-bond donors (Lipinski definition) is 2. The molecule has 17 heavy (non-hydrogen) atoms. The number of nitrogens with two attached hydrogens (primary N) is 1. The van der Waals surface area contributed by atoms with Gasteiger partial charge in [0.05, 0.1) is 0 Å². The summed E-state index contributed by atoms with van der Waals surface area (Å²) in [7, 11) is 0. The maximum Gasteiger partial charge on any atom is 0.223 e. The van der Waals surface area contributed by atoms with E-state index < -0.39 is 0 Å². The first kappa shape index (κ1) is 12.0. The molecule has 3 nitrogen and oxygen atoms in total. The van der Waals surface area contributed by atoms with Crippen molar-refractivity contribution in [2.75, 3.05) is 0 Å². The molecule has 0 heterocycles. The van der Waals surface area contributed by atoms with Gasteiger partial charge in [-0.2, -0.15) is 0 Å². The Morgan fingerprint density at radius 1 is 1.59 bits per heavy atom. The van der Waals surface area contributed by atoms with E-state index in [1.807, 2.05) is 6.92 Å². The number of carbonyl (C=O) groups excluding carboxylic acids is 1. The van der Waals surface area contributed by atoms with Crippen LogP contribution in [0.25, 0.3) is 0 Å². The van der Waals surface area contributed by atoms with Crippen molar-refractivity contribution in [3.8, 4) is 0 Å². The molecule has 1 fully saturated rings. The van der Waals surface area contributed by atoms with Crippen LogP contribution in [0.1, 0.15) is 24.5 Å². The normalized spacial score (nSPS) is 22.3. The molecular formula is C13H17FN2O. The monoisotopic (exact) mass is 236 g/mol. The Kier molecular flexibility index (Phi) is 3.43. The van der Waals surface area contributed by atoms with Crippen molar-refractivity contribution in [1.29, 1.82) is 0 Å². The van der Waals surface area contributed by atoms with Gasteiger partial charge in [0, 0.05) is 24.6 Å². The first-order chi connectivity index (χ1) is 8.11. The lowest BCUT2D eigenvalue weighted by Gasteiger charge is -2.07. The SMILES string of the molecule is CC1CC1C(=O)NCc1ccc(CN)cc1F. The molecule has 1 aliphatic carbocycles. The van der Waals surface area contributed by atoms with Crippen LogP contribution in [-0.4, -0.2) is 5.91 Å². The molecule has 3 N–H and O–H groups in total. The Morgan fingerprint density at radius 2 is 2.29 bits per heavy atom. The molecule has 1 amide bonds. The largest absolute Gasteiger partial charge is 0.352 e. The van der Waals surface area contributed by atoms with E-state index in [4.69, 9.17) is 5.73 Å². The quantitative estimate of drug-likeness (QED) is 0.833. The van der Waals surface area contributed by atoms with Crippen molar-refractivity contribution < 1.29 is 9.18 Å². The number of halogens is 1. The van der Waals surface area contributed by atoms with Gasteiger partial charge in [-0.15, -0.1) is 0 Å². The Bertz CT molecular complexity index is 433. The first-order valence-corrected chi connectivity index (χ1v) is 5.87. The molecule has 0 aliphatic heterocycles. The Labute approximate surface area is 100 Å². The lowest BCUT2D eigenvalue weighted by molar-refractivity contribution is -0.122. The standard InChI is InChI=1S/C13H17FN2O/c1-8-4-11(8)13(17)16-7-10-3-2-9(6-15)5-12(10)14/h2-3,5,8,11H,4,6-7,15H2,1H3,(H,16,17). The highest BCUT2D eigenvalue weighted by atomic mass is 19.1. The van der Waals surface area contributed by atoms with Gasteiger partial charge >= 0.3 is 0 Å². The summed E-state index contributed by atoms with van der Waals surface area (Å²) in [6, 6.07) is 4.87. The van der Waals surface area contributed by atoms with Gasteiger partial charge in [0.1, 0.15) is 5.82 Å². The van der Waals surface area contributed by atoms with E-state index >= 15 is 0 Å². The summed E-state index contributed by atoms with van der Waals surface area (Å²) in [4.78, 5) is 11.6. The van der Waals surface area contributed by atoms with Crippen LogP contribution in [0.15, 0.2) is 18.2 Å². The van der Waals surface area contributed by atoms with E-state index in [0.717, 1.165) is 12.0 Å². The summed E-state index contributed by atoms with van der Waals surface area (Å²) in [5.41, 5.74) is 6.68. The molecule has 0 bridgehead atoms. The van der Waals surface area contributed by atoms with Crippen molar-refractivity contribution in [2.45, 2.75) is 26.4 Å². The minimum absolute atomic E-state index is 0.0276. The van der Waals surface area contributed by atoms with Crippen LogP contribution in [0.2, 0.25) is 0 Å². The highest BCUT2D eigenvalue weighted by molar-refractivity contribution is 5.81. The summed E-state index contributed by atoms with van der Waals surface area (Å²) in [5, 5.41) is 2.76. The molecule has 92 valence electrons. The summed E-state index contributed by atoms with van der Waals surface area (Å²) < 4.78 is 13.6. The summed E-state index contributed by atoms with van der Waals surface area (Å²) in [5.74, 6) is 0.317. The van der Waals surface area contributed by atoms with E-state index in [1.165, 1.54) is 6.07 Å². The second-order valence-corrected chi connectivity index (χ2v) is 4.67. The van der Waals surface area contributed by atoms with Crippen LogP contribution < -0.4 is 11.1 Å². The summed E-state index contributed by atoms with van der Waals surface area (Å²) in [6.45, 7) is 2.61. The zero-order valence-corrected chi connectivity index (χ0v) is 9.87. The minimum Gasteiger partial charge on any atom is -0.352 e. The smallest absolute Gasteiger partial charge is 0.223 e. The van der Waals surface area contributed by atoms with Crippen LogP contribution in [0.3, 0.4) is 0 Å². The molecular weight excluding hydrogens is 219 g/mol. The number of rotatable bonds is 4. The average molecular weight is 236 g/mol. The minimum atomic E-state index is -0.308. The maximum absolute atomic E-state index is 13.6. The first-order valence-electron chi connectivity index (χ1n) is 5.87. The van der Waals surface area contributed by atoms with Gasteiger partial charge in [-0.1, -0.05) is 19.1 Å². The van der Waals surface area contributed by atoms with Gasteiger partial charge in [-0.05, 0) is 24.0 Å². The van der Waals surface area contributed by atoms with Gasteiger partial charge < -0.3 is 11.1 Å². The van der Waals surface area contributed by atoms with Gasteiger partial charge in [0.25, 0.3) is 0 Å². The zero-order valence-electron chi connectivity index (χ0n) is 9.87. The molecule has 4 heteroatoms. The lowest BCUT2D eigenvalue weighted by Crippen LogP contribution is -2.25. The third-order valence-corrected chi connectivity index (χ3v) is 3.25. The van der Waals surface area contributed by atoms with Crippen LogP contribution in [-0.2, 0) is 17.9 Å².